The molecule has 0 spiro atoms. The Morgan fingerprint density at radius 1 is 1.27 bits per heavy atom. The van der Waals surface area contributed by atoms with Crippen LogP contribution in [0.25, 0.3) is 0 Å². The Morgan fingerprint density at radius 2 is 2.07 bits per heavy atom. The summed E-state index contributed by atoms with van der Waals surface area (Å²) in [6.07, 6.45) is 5.88. The van der Waals surface area contributed by atoms with E-state index in [4.69, 9.17) is 14.2 Å². The van der Waals surface area contributed by atoms with Crippen molar-refractivity contribution in [3.8, 4) is 17.2 Å². The van der Waals surface area contributed by atoms with Gasteiger partial charge >= 0.3 is 0 Å². The number of ether oxygens (including phenoxy) is 3. The highest BCUT2D eigenvalue weighted by Crippen LogP contribution is 2.44. The molecule has 2 heterocycles. The number of hydrogen-bond donors (Lipinski definition) is 1. The van der Waals surface area contributed by atoms with E-state index in [1.54, 1.807) is 6.20 Å². The minimum absolute atomic E-state index is 0.0619. The first kappa shape index (κ1) is 20.5. The van der Waals surface area contributed by atoms with Crippen LogP contribution in [-0.2, 0) is 16.8 Å². The quantitative estimate of drug-likeness (QED) is 0.676. The molecule has 1 aromatic heterocycles. The first-order valence-electron chi connectivity index (χ1n) is 10.8. The minimum atomic E-state index is -0.473. The number of fused-ring (bicyclic) bond motifs is 1. The smallest absolute Gasteiger partial charge is 0.217 e. The highest BCUT2D eigenvalue weighted by Gasteiger charge is 2.41. The molecule has 1 aliphatic carbocycles. The lowest BCUT2D eigenvalue weighted by atomic mass is 9.90. The summed E-state index contributed by atoms with van der Waals surface area (Å²) in [5.74, 6) is 3.09. The number of nitrogens with zero attached hydrogens (tertiary/aromatic N) is 1. The fourth-order valence-corrected chi connectivity index (χ4v) is 3.78. The van der Waals surface area contributed by atoms with Crippen molar-refractivity contribution in [2.24, 2.45) is 5.92 Å². The van der Waals surface area contributed by atoms with Crippen molar-refractivity contribution in [3.63, 3.8) is 0 Å². The Bertz CT molecular complexity index is 895. The number of rotatable bonds is 9. The predicted octanol–water partition coefficient (Wildman–Crippen LogP) is 4.01. The molecule has 6 nitrogen and oxygen atoms in total. The van der Waals surface area contributed by atoms with Gasteiger partial charge in [0.25, 0.3) is 0 Å². The Labute approximate surface area is 177 Å². The van der Waals surface area contributed by atoms with Gasteiger partial charge in [-0.05, 0) is 55.9 Å². The molecule has 1 amide bonds. The van der Waals surface area contributed by atoms with Gasteiger partial charge in [0.15, 0.2) is 5.60 Å². The molecule has 2 aliphatic rings. The van der Waals surface area contributed by atoms with E-state index in [1.165, 1.54) is 25.3 Å². The number of nitrogens with one attached hydrogen (secondary N) is 1. The van der Waals surface area contributed by atoms with Gasteiger partial charge < -0.3 is 19.5 Å². The monoisotopic (exact) mass is 410 g/mol. The number of amides is 1. The van der Waals surface area contributed by atoms with Crippen LogP contribution in [0.1, 0.15) is 51.3 Å². The highest BCUT2D eigenvalue weighted by atomic mass is 16.5. The van der Waals surface area contributed by atoms with Gasteiger partial charge in [0.05, 0.1) is 24.5 Å². The second-order valence-corrected chi connectivity index (χ2v) is 8.44. The summed E-state index contributed by atoms with van der Waals surface area (Å²) in [6.45, 7) is 6.71. The SMILES string of the molecule is CCC1(c2ccc(OCC(C)NC(C)=O)cn2)Cc2ccc(OCC3CC3)cc2O1. The fraction of sp³-hybridized carbons (Fsp3) is 0.500. The number of benzene rings is 1. The Kier molecular flexibility index (Phi) is 5.84. The van der Waals surface area contributed by atoms with Gasteiger partial charge in [0, 0.05) is 19.4 Å². The third kappa shape index (κ3) is 4.69. The number of hydrogen-bond acceptors (Lipinski definition) is 5. The van der Waals surface area contributed by atoms with Crippen LogP contribution in [-0.4, -0.2) is 30.1 Å². The highest BCUT2D eigenvalue weighted by molar-refractivity contribution is 5.73. The number of carbonyl (C=O) groups is 1. The molecule has 30 heavy (non-hydrogen) atoms. The van der Waals surface area contributed by atoms with E-state index in [9.17, 15) is 4.79 Å². The van der Waals surface area contributed by atoms with Gasteiger partial charge in [-0.25, -0.2) is 0 Å². The Morgan fingerprint density at radius 3 is 2.73 bits per heavy atom. The molecule has 2 aromatic rings. The fourth-order valence-electron chi connectivity index (χ4n) is 3.78. The van der Waals surface area contributed by atoms with E-state index in [0.29, 0.717) is 12.4 Å². The first-order chi connectivity index (χ1) is 14.5. The molecule has 1 saturated carbocycles. The van der Waals surface area contributed by atoms with Crippen LogP contribution in [0.4, 0.5) is 0 Å². The normalized spacial score (nSPS) is 20.8. The molecule has 160 valence electrons. The van der Waals surface area contributed by atoms with Gasteiger partial charge in [0.1, 0.15) is 23.9 Å². The number of carbonyl (C=O) groups excluding carboxylic acids is 1. The summed E-state index contributed by atoms with van der Waals surface area (Å²) in [4.78, 5) is 15.8. The molecule has 2 unspecified atom stereocenters. The van der Waals surface area contributed by atoms with Crippen molar-refractivity contribution in [1.29, 1.82) is 0 Å². The van der Waals surface area contributed by atoms with Crippen LogP contribution in [0.15, 0.2) is 36.5 Å². The molecule has 0 bridgehead atoms. The Hall–Kier alpha value is -2.76. The van der Waals surface area contributed by atoms with Crippen molar-refractivity contribution in [2.75, 3.05) is 13.2 Å². The van der Waals surface area contributed by atoms with Crippen molar-refractivity contribution in [3.05, 3.63) is 47.8 Å². The third-order valence-electron chi connectivity index (χ3n) is 5.73. The minimum Gasteiger partial charge on any atom is -0.493 e. The molecule has 0 radical (unpaired) electrons. The molecular formula is C24H30N2O4. The van der Waals surface area contributed by atoms with E-state index < -0.39 is 5.60 Å². The maximum absolute atomic E-state index is 11.1. The summed E-state index contributed by atoms with van der Waals surface area (Å²) in [5, 5.41) is 2.80. The zero-order valence-electron chi connectivity index (χ0n) is 17.9. The third-order valence-corrected chi connectivity index (χ3v) is 5.73. The summed E-state index contributed by atoms with van der Waals surface area (Å²) in [6, 6.07) is 9.98. The van der Waals surface area contributed by atoms with Gasteiger partial charge in [-0.2, -0.15) is 0 Å². The lowest BCUT2D eigenvalue weighted by Crippen LogP contribution is -2.35. The largest absolute Gasteiger partial charge is 0.493 e. The van der Waals surface area contributed by atoms with Crippen LogP contribution in [0.3, 0.4) is 0 Å². The van der Waals surface area contributed by atoms with E-state index in [1.807, 2.05) is 31.2 Å². The Balaban J connectivity index is 1.41. The van der Waals surface area contributed by atoms with Crippen molar-refractivity contribution in [1.82, 2.24) is 10.3 Å². The number of pyridine rings is 1. The maximum Gasteiger partial charge on any atom is 0.217 e. The molecule has 1 N–H and O–H groups in total. The molecule has 1 fully saturated rings. The van der Waals surface area contributed by atoms with Crippen LogP contribution in [0.5, 0.6) is 17.2 Å². The zero-order chi connectivity index (χ0) is 21.1. The molecular weight excluding hydrogens is 380 g/mol. The first-order valence-corrected chi connectivity index (χ1v) is 10.8. The van der Waals surface area contributed by atoms with E-state index in [-0.39, 0.29) is 11.9 Å². The molecule has 2 atom stereocenters. The van der Waals surface area contributed by atoms with Crippen LogP contribution in [0.2, 0.25) is 0 Å². The van der Waals surface area contributed by atoms with Crippen LogP contribution >= 0.6 is 0 Å². The molecule has 6 heteroatoms. The summed E-state index contributed by atoms with van der Waals surface area (Å²) >= 11 is 0. The molecule has 1 aliphatic heterocycles. The standard InChI is InChI=1S/C24H30N2O4/c1-4-24(23-10-9-21(13-25-23)28-14-16(2)26-17(3)27)12-19-7-8-20(11-22(19)30-24)29-15-18-5-6-18/h7-11,13,16,18H,4-6,12,14-15H2,1-3H3,(H,26,27). The maximum atomic E-state index is 11.1. The predicted molar refractivity (Wildman–Crippen MR) is 114 cm³/mol. The number of aromatic nitrogens is 1. The summed E-state index contributed by atoms with van der Waals surface area (Å²) in [7, 11) is 0. The second kappa shape index (κ2) is 8.54. The van der Waals surface area contributed by atoms with E-state index in [0.717, 1.165) is 42.6 Å². The van der Waals surface area contributed by atoms with Gasteiger partial charge in [-0.15, -0.1) is 0 Å². The van der Waals surface area contributed by atoms with E-state index >= 15 is 0 Å². The molecule has 0 saturated heterocycles. The molecule has 1 aromatic carbocycles. The average molecular weight is 411 g/mol. The zero-order valence-corrected chi connectivity index (χ0v) is 17.9. The van der Waals surface area contributed by atoms with Gasteiger partial charge in [-0.3, -0.25) is 9.78 Å². The van der Waals surface area contributed by atoms with Crippen LogP contribution in [0, 0.1) is 5.92 Å². The lowest BCUT2D eigenvalue weighted by Gasteiger charge is -2.27. The second-order valence-electron chi connectivity index (χ2n) is 8.44. The lowest BCUT2D eigenvalue weighted by molar-refractivity contribution is -0.119. The van der Waals surface area contributed by atoms with Crippen molar-refractivity contribution in [2.45, 2.75) is 58.1 Å². The van der Waals surface area contributed by atoms with Crippen molar-refractivity contribution < 1.29 is 19.0 Å². The summed E-state index contributed by atoms with van der Waals surface area (Å²) in [5.41, 5.74) is 1.60. The summed E-state index contributed by atoms with van der Waals surface area (Å²) < 4.78 is 18.1. The van der Waals surface area contributed by atoms with Crippen molar-refractivity contribution >= 4 is 5.91 Å². The van der Waals surface area contributed by atoms with Gasteiger partial charge in [0.2, 0.25) is 5.91 Å². The molecule has 4 rings (SSSR count). The van der Waals surface area contributed by atoms with Crippen LogP contribution < -0.4 is 19.5 Å². The van der Waals surface area contributed by atoms with E-state index in [2.05, 4.69) is 23.3 Å². The average Bonchev–Trinajstić information content (AvgIpc) is 3.49. The van der Waals surface area contributed by atoms with Gasteiger partial charge in [-0.1, -0.05) is 13.0 Å². The topological polar surface area (TPSA) is 69.7 Å².